The summed E-state index contributed by atoms with van der Waals surface area (Å²) in [6.07, 6.45) is 6.78. The molecule has 4 rings (SSSR count). The smallest absolute Gasteiger partial charge is 0.255 e. The number of hydrogen-bond acceptors (Lipinski definition) is 5. The van der Waals surface area contributed by atoms with Crippen LogP contribution in [0.15, 0.2) is 65.7 Å². The van der Waals surface area contributed by atoms with Crippen LogP contribution >= 0.6 is 0 Å². The van der Waals surface area contributed by atoms with E-state index in [9.17, 15) is 4.79 Å². The number of benzene rings is 1. The molecule has 0 spiro atoms. The molecule has 31 heavy (non-hydrogen) atoms. The molecule has 0 N–H and O–H groups in total. The zero-order valence-electron chi connectivity index (χ0n) is 18.4. The van der Waals surface area contributed by atoms with Gasteiger partial charge in [0.15, 0.2) is 0 Å². The maximum Gasteiger partial charge on any atom is 0.255 e. The summed E-state index contributed by atoms with van der Waals surface area (Å²) in [5.74, 6) is 0.753. The molecule has 1 saturated heterocycles. The molecule has 0 saturated carbocycles. The second-order valence-electron chi connectivity index (χ2n) is 8.21. The topological polar surface area (TPSA) is 54.3 Å². The Kier molecular flexibility index (Phi) is 6.77. The van der Waals surface area contributed by atoms with Crippen molar-refractivity contribution in [3.63, 3.8) is 0 Å². The maximum absolute atomic E-state index is 12.7. The van der Waals surface area contributed by atoms with Gasteiger partial charge in [-0.15, -0.1) is 0 Å². The summed E-state index contributed by atoms with van der Waals surface area (Å²) < 4.78 is 1.68. The summed E-state index contributed by atoms with van der Waals surface area (Å²) in [5.41, 5.74) is 2.95. The molecule has 6 heteroatoms. The van der Waals surface area contributed by atoms with Gasteiger partial charge in [-0.25, -0.2) is 4.98 Å². The first-order chi connectivity index (χ1) is 15.2. The molecule has 1 aliphatic rings. The Morgan fingerprint density at radius 2 is 1.84 bits per heavy atom. The van der Waals surface area contributed by atoms with Gasteiger partial charge in [0.2, 0.25) is 5.95 Å². The minimum atomic E-state index is -0.0328. The van der Waals surface area contributed by atoms with Crippen LogP contribution in [0.3, 0.4) is 0 Å². The standard InChI is InChI=1S/C25H31N5O/c1-3-30(22-10-7-16-29(17-13-22)19-20-8-5-4-6-9-20)25-27-23(18-24(31)28(25)2)21-11-14-26-15-12-21/h4-6,8-9,11-12,14-15,18,22H,3,7,10,13,16-17,19H2,1-2H3. The Bertz CT molecular complexity index is 1030. The first kappa shape index (κ1) is 21.2. The fraction of sp³-hybridized carbons (Fsp3) is 0.400. The summed E-state index contributed by atoms with van der Waals surface area (Å²) in [5, 5.41) is 0. The average Bonchev–Trinajstić information content (AvgIpc) is 3.04. The van der Waals surface area contributed by atoms with Crippen LogP contribution in [-0.2, 0) is 13.6 Å². The van der Waals surface area contributed by atoms with Crippen molar-refractivity contribution in [2.24, 2.45) is 7.05 Å². The van der Waals surface area contributed by atoms with E-state index in [0.29, 0.717) is 11.7 Å². The van der Waals surface area contributed by atoms with E-state index in [-0.39, 0.29) is 5.56 Å². The molecular weight excluding hydrogens is 386 g/mol. The second kappa shape index (κ2) is 9.88. The number of hydrogen-bond donors (Lipinski definition) is 0. The van der Waals surface area contributed by atoms with Gasteiger partial charge in [0.05, 0.1) is 5.69 Å². The summed E-state index contributed by atoms with van der Waals surface area (Å²) in [4.78, 5) is 26.6. The van der Waals surface area contributed by atoms with Gasteiger partial charge in [0.1, 0.15) is 0 Å². The molecule has 3 aromatic rings. The third-order valence-corrected chi connectivity index (χ3v) is 6.16. The van der Waals surface area contributed by atoms with Gasteiger partial charge >= 0.3 is 0 Å². The number of anilines is 1. The highest BCUT2D eigenvalue weighted by Crippen LogP contribution is 2.24. The van der Waals surface area contributed by atoms with Crippen LogP contribution in [0.1, 0.15) is 31.7 Å². The molecule has 0 amide bonds. The number of likely N-dealkylation sites (tertiary alicyclic amines) is 1. The van der Waals surface area contributed by atoms with Gasteiger partial charge in [-0.3, -0.25) is 19.2 Å². The molecule has 2 aromatic heterocycles. The van der Waals surface area contributed by atoms with Crippen molar-refractivity contribution in [3.05, 3.63) is 76.8 Å². The van der Waals surface area contributed by atoms with E-state index >= 15 is 0 Å². The van der Waals surface area contributed by atoms with Crippen molar-refractivity contribution in [3.8, 4) is 11.3 Å². The minimum absolute atomic E-state index is 0.0328. The minimum Gasteiger partial charge on any atom is -0.339 e. The third-order valence-electron chi connectivity index (χ3n) is 6.16. The molecule has 1 fully saturated rings. The Balaban J connectivity index is 1.54. The van der Waals surface area contributed by atoms with E-state index in [1.165, 1.54) is 5.56 Å². The third kappa shape index (κ3) is 5.02. The van der Waals surface area contributed by atoms with Crippen molar-refractivity contribution in [2.75, 3.05) is 24.5 Å². The van der Waals surface area contributed by atoms with Gasteiger partial charge in [0, 0.05) is 56.7 Å². The fourth-order valence-corrected chi connectivity index (χ4v) is 4.47. The van der Waals surface area contributed by atoms with E-state index in [0.717, 1.165) is 57.0 Å². The van der Waals surface area contributed by atoms with Crippen molar-refractivity contribution in [1.29, 1.82) is 0 Å². The van der Waals surface area contributed by atoms with Crippen LogP contribution in [0.4, 0.5) is 5.95 Å². The summed E-state index contributed by atoms with van der Waals surface area (Å²) in [7, 11) is 1.82. The first-order valence-electron chi connectivity index (χ1n) is 11.2. The van der Waals surface area contributed by atoms with E-state index in [2.05, 4.69) is 52.0 Å². The lowest BCUT2D eigenvalue weighted by molar-refractivity contribution is 0.275. The SMILES string of the molecule is CCN(c1nc(-c2ccncc2)cc(=O)n1C)C1CCCN(Cc2ccccc2)CC1. The van der Waals surface area contributed by atoms with E-state index in [1.54, 1.807) is 23.0 Å². The molecule has 1 atom stereocenters. The molecule has 1 aromatic carbocycles. The van der Waals surface area contributed by atoms with Crippen molar-refractivity contribution >= 4 is 5.95 Å². The lowest BCUT2D eigenvalue weighted by Gasteiger charge is -2.32. The van der Waals surface area contributed by atoms with Crippen molar-refractivity contribution < 1.29 is 0 Å². The van der Waals surface area contributed by atoms with Crippen LogP contribution in [0.5, 0.6) is 0 Å². The van der Waals surface area contributed by atoms with E-state index < -0.39 is 0 Å². The molecule has 3 heterocycles. The largest absolute Gasteiger partial charge is 0.339 e. The number of pyridine rings is 1. The number of nitrogens with zero attached hydrogens (tertiary/aromatic N) is 5. The monoisotopic (exact) mass is 417 g/mol. The summed E-state index contributed by atoms with van der Waals surface area (Å²) in [6.45, 7) is 6.12. The van der Waals surface area contributed by atoms with Crippen molar-refractivity contribution in [1.82, 2.24) is 19.4 Å². The van der Waals surface area contributed by atoms with Crippen LogP contribution in [-0.4, -0.2) is 45.1 Å². The highest BCUT2D eigenvalue weighted by molar-refractivity contribution is 5.59. The Hall–Kier alpha value is -2.99. The van der Waals surface area contributed by atoms with Crippen LogP contribution in [0, 0.1) is 0 Å². The fourth-order valence-electron chi connectivity index (χ4n) is 4.47. The van der Waals surface area contributed by atoms with E-state index in [1.807, 2.05) is 19.2 Å². The lowest BCUT2D eigenvalue weighted by Crippen LogP contribution is -2.40. The molecule has 162 valence electrons. The zero-order chi connectivity index (χ0) is 21.6. The van der Waals surface area contributed by atoms with Gasteiger partial charge in [0.25, 0.3) is 5.56 Å². The molecule has 0 radical (unpaired) electrons. The predicted molar refractivity (Wildman–Crippen MR) is 125 cm³/mol. The Morgan fingerprint density at radius 3 is 2.58 bits per heavy atom. The van der Waals surface area contributed by atoms with Gasteiger partial charge in [-0.05, 0) is 50.4 Å². The molecule has 1 aliphatic heterocycles. The molecular formula is C25H31N5O. The highest BCUT2D eigenvalue weighted by atomic mass is 16.1. The lowest BCUT2D eigenvalue weighted by atomic mass is 10.1. The average molecular weight is 418 g/mol. The van der Waals surface area contributed by atoms with Crippen LogP contribution < -0.4 is 10.5 Å². The quantitative estimate of drug-likeness (QED) is 0.612. The normalized spacial score (nSPS) is 17.3. The summed E-state index contributed by atoms with van der Waals surface area (Å²) >= 11 is 0. The molecule has 0 aliphatic carbocycles. The maximum atomic E-state index is 12.7. The first-order valence-corrected chi connectivity index (χ1v) is 11.2. The molecule has 1 unspecified atom stereocenters. The van der Waals surface area contributed by atoms with Gasteiger partial charge in [-0.1, -0.05) is 30.3 Å². The molecule has 6 nitrogen and oxygen atoms in total. The zero-order valence-corrected chi connectivity index (χ0v) is 18.4. The van der Waals surface area contributed by atoms with Gasteiger partial charge < -0.3 is 4.90 Å². The Labute approximate surface area is 184 Å². The van der Waals surface area contributed by atoms with Gasteiger partial charge in [-0.2, -0.15) is 0 Å². The van der Waals surface area contributed by atoms with Crippen molar-refractivity contribution in [2.45, 2.75) is 38.8 Å². The highest BCUT2D eigenvalue weighted by Gasteiger charge is 2.25. The van der Waals surface area contributed by atoms with Crippen LogP contribution in [0.2, 0.25) is 0 Å². The summed E-state index contributed by atoms with van der Waals surface area (Å²) in [6, 6.07) is 16.5. The number of rotatable bonds is 6. The van der Waals surface area contributed by atoms with Crippen LogP contribution in [0.25, 0.3) is 11.3 Å². The predicted octanol–water partition coefficient (Wildman–Crippen LogP) is 3.72. The number of aromatic nitrogens is 3. The second-order valence-corrected chi connectivity index (χ2v) is 8.21. The van der Waals surface area contributed by atoms with E-state index in [4.69, 9.17) is 4.98 Å². The molecule has 0 bridgehead atoms. The Morgan fingerprint density at radius 1 is 1.06 bits per heavy atom.